The van der Waals surface area contributed by atoms with Gasteiger partial charge in [-0.1, -0.05) is 0 Å². The number of fused-ring (bicyclic) bond motifs is 2. The van der Waals surface area contributed by atoms with E-state index < -0.39 is 12.0 Å². The fraction of sp³-hybridized carbons (Fsp3) is 0.769. The molecule has 2 amide bonds. The van der Waals surface area contributed by atoms with Gasteiger partial charge in [-0.15, -0.1) is 0 Å². The van der Waals surface area contributed by atoms with Crippen LogP contribution in [0.15, 0.2) is 0 Å². The van der Waals surface area contributed by atoms with Crippen molar-refractivity contribution in [2.75, 3.05) is 13.1 Å². The van der Waals surface area contributed by atoms with Crippen molar-refractivity contribution >= 4 is 17.8 Å². The van der Waals surface area contributed by atoms with Gasteiger partial charge in [0.2, 0.25) is 11.8 Å². The van der Waals surface area contributed by atoms with Gasteiger partial charge < -0.3 is 20.6 Å². The number of carbonyl (C=O) groups excluding carboxylic acids is 2. The molecule has 3 heterocycles. The zero-order chi connectivity index (χ0) is 14.3. The average Bonchev–Trinajstić information content (AvgIpc) is 3.02. The summed E-state index contributed by atoms with van der Waals surface area (Å²) in [5.41, 5.74) is 0. The molecule has 3 fully saturated rings. The van der Waals surface area contributed by atoms with Crippen LogP contribution in [0.2, 0.25) is 0 Å². The van der Waals surface area contributed by atoms with Gasteiger partial charge in [0.1, 0.15) is 6.04 Å². The van der Waals surface area contributed by atoms with Crippen LogP contribution in [-0.4, -0.2) is 59.0 Å². The number of piperazine rings is 1. The fourth-order valence-electron chi connectivity index (χ4n) is 3.66. The van der Waals surface area contributed by atoms with E-state index in [-0.39, 0.29) is 30.2 Å². The monoisotopic (exact) mass is 281 g/mol. The molecule has 0 aromatic heterocycles. The summed E-state index contributed by atoms with van der Waals surface area (Å²) in [4.78, 5) is 36.8. The first-order chi connectivity index (χ1) is 9.56. The molecule has 7 nitrogen and oxygen atoms in total. The summed E-state index contributed by atoms with van der Waals surface area (Å²) in [7, 11) is 0. The van der Waals surface area contributed by atoms with Crippen molar-refractivity contribution in [2.24, 2.45) is 5.92 Å². The second kappa shape index (κ2) is 5.05. The largest absolute Gasteiger partial charge is 0.481 e. The molecule has 7 heteroatoms. The van der Waals surface area contributed by atoms with Crippen LogP contribution in [0.25, 0.3) is 0 Å². The van der Waals surface area contributed by atoms with Crippen LogP contribution in [0.4, 0.5) is 0 Å². The van der Waals surface area contributed by atoms with Crippen LogP contribution >= 0.6 is 0 Å². The number of nitrogens with zero attached hydrogens (tertiary/aromatic N) is 1. The number of carboxylic acids is 1. The number of rotatable bonds is 3. The smallest absolute Gasteiger partial charge is 0.305 e. The topological polar surface area (TPSA) is 98.7 Å². The Morgan fingerprint density at radius 1 is 1.35 bits per heavy atom. The van der Waals surface area contributed by atoms with Gasteiger partial charge in [0.05, 0.1) is 12.3 Å². The van der Waals surface area contributed by atoms with E-state index in [9.17, 15) is 14.4 Å². The van der Waals surface area contributed by atoms with Crippen molar-refractivity contribution in [2.45, 2.75) is 43.8 Å². The van der Waals surface area contributed by atoms with Crippen molar-refractivity contribution in [3.05, 3.63) is 0 Å². The van der Waals surface area contributed by atoms with Crippen molar-refractivity contribution in [1.29, 1.82) is 0 Å². The second-order valence-corrected chi connectivity index (χ2v) is 5.83. The quantitative estimate of drug-likeness (QED) is 0.612. The molecule has 0 aliphatic carbocycles. The van der Waals surface area contributed by atoms with E-state index >= 15 is 0 Å². The van der Waals surface area contributed by atoms with E-state index in [2.05, 4.69) is 10.6 Å². The maximum atomic E-state index is 12.6. The SMILES string of the molecule is O=C(O)CC1C(=O)NCCN1C(=O)C1CC2CCC1N2. The van der Waals surface area contributed by atoms with Gasteiger partial charge in [0.15, 0.2) is 0 Å². The van der Waals surface area contributed by atoms with E-state index in [1.165, 1.54) is 4.90 Å². The lowest BCUT2D eigenvalue weighted by molar-refractivity contribution is -0.151. The highest BCUT2D eigenvalue weighted by Gasteiger charge is 2.46. The predicted molar refractivity (Wildman–Crippen MR) is 68.8 cm³/mol. The van der Waals surface area contributed by atoms with Crippen molar-refractivity contribution in [3.8, 4) is 0 Å². The number of hydrogen-bond acceptors (Lipinski definition) is 4. The highest BCUT2D eigenvalue weighted by molar-refractivity contribution is 5.92. The maximum Gasteiger partial charge on any atom is 0.305 e. The highest BCUT2D eigenvalue weighted by Crippen LogP contribution is 2.35. The van der Waals surface area contributed by atoms with Crippen molar-refractivity contribution in [1.82, 2.24) is 15.5 Å². The first-order valence-corrected chi connectivity index (χ1v) is 7.12. The van der Waals surface area contributed by atoms with E-state index in [1.54, 1.807) is 0 Å². The summed E-state index contributed by atoms with van der Waals surface area (Å²) in [5.74, 6) is -1.58. The third kappa shape index (κ3) is 2.26. The predicted octanol–water partition coefficient (Wildman–Crippen LogP) is -1.07. The Labute approximate surface area is 116 Å². The van der Waals surface area contributed by atoms with E-state index in [1.807, 2.05) is 0 Å². The standard InChI is InChI=1S/C13H19N3O4/c17-11(18)6-10-12(19)14-3-4-16(10)13(20)8-5-7-1-2-9(8)15-7/h7-10,15H,1-6H2,(H,14,19)(H,17,18). The molecule has 0 saturated carbocycles. The molecular weight excluding hydrogens is 262 g/mol. The summed E-state index contributed by atoms with van der Waals surface area (Å²) in [5, 5.41) is 15.0. The number of hydrogen-bond donors (Lipinski definition) is 3. The molecule has 20 heavy (non-hydrogen) atoms. The Hall–Kier alpha value is -1.63. The summed E-state index contributed by atoms with van der Waals surface area (Å²) in [6.45, 7) is 0.797. The molecule has 2 bridgehead atoms. The molecule has 0 radical (unpaired) electrons. The Balaban J connectivity index is 1.74. The van der Waals surface area contributed by atoms with Gasteiger partial charge in [-0.2, -0.15) is 0 Å². The Morgan fingerprint density at radius 3 is 2.75 bits per heavy atom. The minimum Gasteiger partial charge on any atom is -0.481 e. The third-order valence-electron chi connectivity index (χ3n) is 4.60. The van der Waals surface area contributed by atoms with Gasteiger partial charge in [0, 0.05) is 25.2 Å². The number of carboxylic acid groups (broad SMARTS) is 1. The Bertz CT molecular complexity index is 453. The van der Waals surface area contributed by atoms with Gasteiger partial charge >= 0.3 is 5.97 Å². The van der Waals surface area contributed by atoms with E-state index in [0.717, 1.165) is 19.3 Å². The summed E-state index contributed by atoms with van der Waals surface area (Å²) < 4.78 is 0. The molecule has 3 aliphatic rings. The molecule has 0 spiro atoms. The maximum absolute atomic E-state index is 12.6. The number of amides is 2. The molecule has 3 rings (SSSR count). The second-order valence-electron chi connectivity index (χ2n) is 5.83. The third-order valence-corrected chi connectivity index (χ3v) is 4.60. The van der Waals surface area contributed by atoms with Crippen molar-refractivity contribution < 1.29 is 19.5 Å². The number of nitrogens with one attached hydrogen (secondary N) is 2. The number of aliphatic carboxylic acids is 1. The lowest BCUT2D eigenvalue weighted by Crippen LogP contribution is -2.59. The zero-order valence-electron chi connectivity index (χ0n) is 11.2. The summed E-state index contributed by atoms with van der Waals surface area (Å²) >= 11 is 0. The van der Waals surface area contributed by atoms with Gasteiger partial charge in [0.25, 0.3) is 0 Å². The van der Waals surface area contributed by atoms with Crippen molar-refractivity contribution in [3.63, 3.8) is 0 Å². The van der Waals surface area contributed by atoms with Gasteiger partial charge in [-0.25, -0.2) is 0 Å². The number of carbonyl (C=O) groups is 3. The highest BCUT2D eigenvalue weighted by atomic mass is 16.4. The molecule has 0 aromatic carbocycles. The Kier molecular flexibility index (Phi) is 3.37. The van der Waals surface area contributed by atoms with E-state index in [4.69, 9.17) is 5.11 Å². The average molecular weight is 281 g/mol. The van der Waals surface area contributed by atoms with Gasteiger partial charge in [-0.05, 0) is 19.3 Å². The summed E-state index contributed by atoms with van der Waals surface area (Å²) in [6, 6.07) is -0.263. The molecule has 4 atom stereocenters. The van der Waals surface area contributed by atoms with Crippen LogP contribution < -0.4 is 10.6 Å². The molecule has 3 N–H and O–H groups in total. The van der Waals surface area contributed by atoms with Crippen LogP contribution in [0.3, 0.4) is 0 Å². The minimum absolute atomic E-state index is 0.0641. The fourth-order valence-corrected chi connectivity index (χ4v) is 3.66. The first kappa shape index (κ1) is 13.4. The molecule has 3 aliphatic heterocycles. The van der Waals surface area contributed by atoms with E-state index in [0.29, 0.717) is 19.1 Å². The Morgan fingerprint density at radius 2 is 2.15 bits per heavy atom. The van der Waals surface area contributed by atoms with Crippen LogP contribution in [-0.2, 0) is 14.4 Å². The minimum atomic E-state index is -1.06. The van der Waals surface area contributed by atoms with Gasteiger partial charge in [-0.3, -0.25) is 14.4 Å². The lowest BCUT2D eigenvalue weighted by atomic mass is 9.87. The van der Waals surface area contributed by atoms with Crippen LogP contribution in [0.1, 0.15) is 25.7 Å². The van der Waals surface area contributed by atoms with Crippen LogP contribution in [0, 0.1) is 5.92 Å². The van der Waals surface area contributed by atoms with Crippen LogP contribution in [0.5, 0.6) is 0 Å². The molecule has 3 saturated heterocycles. The summed E-state index contributed by atoms with van der Waals surface area (Å²) in [6.07, 6.45) is 2.57. The molecular formula is C13H19N3O4. The zero-order valence-corrected chi connectivity index (χ0v) is 11.2. The first-order valence-electron chi connectivity index (χ1n) is 7.12. The molecule has 110 valence electrons. The normalized spacial score (nSPS) is 36.0. The molecule has 0 aromatic rings. The lowest BCUT2D eigenvalue weighted by Gasteiger charge is -2.37. The molecule has 4 unspecified atom stereocenters.